The van der Waals surface area contributed by atoms with Crippen LogP contribution in [0.25, 0.3) is 22.8 Å². The van der Waals surface area contributed by atoms with Crippen molar-refractivity contribution in [1.29, 1.82) is 0 Å². The van der Waals surface area contributed by atoms with E-state index < -0.39 is 5.92 Å². The van der Waals surface area contributed by atoms with Gasteiger partial charge in [-0.2, -0.15) is 4.98 Å². The van der Waals surface area contributed by atoms with Gasteiger partial charge in [-0.25, -0.2) is 0 Å². The van der Waals surface area contributed by atoms with Crippen LogP contribution in [0.15, 0.2) is 77.3 Å². The molecule has 0 bridgehead atoms. The molecule has 7 nitrogen and oxygen atoms in total. The van der Waals surface area contributed by atoms with Crippen molar-refractivity contribution in [3.05, 3.63) is 83.9 Å². The number of para-hydroxylation sites is 1. The largest absolute Gasteiger partial charge is 0.334 e. The van der Waals surface area contributed by atoms with Crippen LogP contribution in [0.2, 0.25) is 0 Å². The number of benzene rings is 3. The lowest BCUT2D eigenvalue weighted by molar-refractivity contribution is -0.122. The van der Waals surface area contributed by atoms with E-state index >= 15 is 0 Å². The second-order valence-electron chi connectivity index (χ2n) is 8.56. The van der Waals surface area contributed by atoms with Gasteiger partial charge in [-0.1, -0.05) is 64.8 Å². The summed E-state index contributed by atoms with van der Waals surface area (Å²) in [5.41, 5.74) is 5.11. The molecule has 1 N–H and O–H groups in total. The number of aromatic nitrogens is 2. The molecular formula is C27H24N4O3. The van der Waals surface area contributed by atoms with Gasteiger partial charge in [0.15, 0.2) is 0 Å². The molecule has 0 spiro atoms. The van der Waals surface area contributed by atoms with Crippen molar-refractivity contribution >= 4 is 23.2 Å². The van der Waals surface area contributed by atoms with E-state index in [1.165, 1.54) is 0 Å². The van der Waals surface area contributed by atoms with Crippen molar-refractivity contribution in [2.24, 2.45) is 5.92 Å². The Hall–Kier alpha value is -4.26. The van der Waals surface area contributed by atoms with Crippen LogP contribution >= 0.6 is 0 Å². The fraction of sp³-hybridized carbons (Fsp3) is 0.185. The Morgan fingerprint density at radius 3 is 2.38 bits per heavy atom. The van der Waals surface area contributed by atoms with E-state index in [4.69, 9.17) is 4.52 Å². The number of aryl methyl sites for hydroxylation is 2. The van der Waals surface area contributed by atoms with E-state index in [0.717, 1.165) is 22.4 Å². The van der Waals surface area contributed by atoms with Crippen LogP contribution in [0, 0.1) is 19.8 Å². The average molecular weight is 453 g/mol. The monoisotopic (exact) mass is 452 g/mol. The van der Waals surface area contributed by atoms with E-state index in [1.807, 2.05) is 80.6 Å². The summed E-state index contributed by atoms with van der Waals surface area (Å²) in [7, 11) is 0. The van der Waals surface area contributed by atoms with Gasteiger partial charge in [0, 0.05) is 24.2 Å². The summed E-state index contributed by atoms with van der Waals surface area (Å²) in [4.78, 5) is 31.9. The third-order valence-electron chi connectivity index (χ3n) is 5.99. The molecule has 0 radical (unpaired) electrons. The summed E-state index contributed by atoms with van der Waals surface area (Å²) in [5.74, 6) is 0.0693. The van der Waals surface area contributed by atoms with Gasteiger partial charge >= 0.3 is 0 Å². The van der Waals surface area contributed by atoms with E-state index in [0.29, 0.717) is 29.5 Å². The smallest absolute Gasteiger partial charge is 0.260 e. The molecule has 2 amide bonds. The molecule has 0 saturated carbocycles. The zero-order valence-corrected chi connectivity index (χ0v) is 19.0. The quantitative estimate of drug-likeness (QED) is 0.460. The van der Waals surface area contributed by atoms with Gasteiger partial charge in [0.2, 0.25) is 17.6 Å². The predicted molar refractivity (Wildman–Crippen MR) is 130 cm³/mol. The first-order valence-electron chi connectivity index (χ1n) is 11.2. The number of hydrogen-bond acceptors (Lipinski definition) is 5. The average Bonchev–Trinajstić information content (AvgIpc) is 3.48. The maximum atomic E-state index is 13.1. The standard InChI is InChI=1S/C27H24N4O3/c1-17-7-11-19(12-8-17)25-29-27(34-30-25)22-5-3-4-6-23(22)28-26(33)20-15-24(32)31(16-20)21-13-9-18(2)10-14-21/h3-14,20H,15-16H2,1-2H3,(H,28,33)/t20-/m1/s1. The Labute approximate surface area is 197 Å². The molecule has 1 aliphatic heterocycles. The summed E-state index contributed by atoms with van der Waals surface area (Å²) in [6.07, 6.45) is 0.167. The van der Waals surface area contributed by atoms with Gasteiger partial charge in [0.05, 0.1) is 17.2 Å². The Morgan fingerprint density at radius 2 is 1.65 bits per heavy atom. The molecule has 0 unspecified atom stereocenters. The van der Waals surface area contributed by atoms with Crippen LogP contribution in [0.3, 0.4) is 0 Å². The molecule has 1 aliphatic rings. The number of nitrogens with one attached hydrogen (secondary N) is 1. The number of carbonyl (C=O) groups excluding carboxylic acids is 2. The lowest BCUT2D eigenvalue weighted by atomic mass is 10.1. The molecule has 4 aromatic rings. The molecule has 34 heavy (non-hydrogen) atoms. The third-order valence-corrected chi connectivity index (χ3v) is 5.99. The summed E-state index contributed by atoms with van der Waals surface area (Å²) in [6, 6.07) is 22.9. The fourth-order valence-electron chi connectivity index (χ4n) is 4.02. The SMILES string of the molecule is Cc1ccc(-c2noc(-c3ccccc3NC(=O)[C@@H]3CC(=O)N(c4ccc(C)cc4)C3)n2)cc1. The summed E-state index contributed by atoms with van der Waals surface area (Å²) in [6.45, 7) is 4.35. The Kier molecular flexibility index (Phi) is 5.67. The number of amides is 2. The summed E-state index contributed by atoms with van der Waals surface area (Å²) in [5, 5.41) is 7.06. The lowest BCUT2D eigenvalue weighted by Gasteiger charge is -2.17. The van der Waals surface area contributed by atoms with E-state index in [1.54, 1.807) is 11.0 Å². The molecule has 170 valence electrons. The van der Waals surface area contributed by atoms with Crippen LogP contribution in [0.5, 0.6) is 0 Å². The molecule has 1 fully saturated rings. The van der Waals surface area contributed by atoms with Gasteiger partial charge < -0.3 is 14.7 Å². The van der Waals surface area contributed by atoms with Crippen LogP contribution in [0.1, 0.15) is 17.5 Å². The highest BCUT2D eigenvalue weighted by atomic mass is 16.5. The lowest BCUT2D eigenvalue weighted by Crippen LogP contribution is -2.28. The normalized spacial score (nSPS) is 15.5. The Balaban J connectivity index is 1.33. The van der Waals surface area contributed by atoms with Gasteiger partial charge in [0.25, 0.3) is 5.89 Å². The molecule has 2 heterocycles. The van der Waals surface area contributed by atoms with Gasteiger partial charge in [-0.3, -0.25) is 9.59 Å². The Morgan fingerprint density at radius 1 is 0.971 bits per heavy atom. The highest BCUT2D eigenvalue weighted by Crippen LogP contribution is 2.31. The number of carbonyl (C=O) groups is 2. The van der Waals surface area contributed by atoms with Crippen molar-refractivity contribution in [3.8, 4) is 22.8 Å². The number of rotatable bonds is 5. The second-order valence-corrected chi connectivity index (χ2v) is 8.56. The number of hydrogen-bond donors (Lipinski definition) is 1. The van der Waals surface area contributed by atoms with Gasteiger partial charge in [-0.05, 0) is 38.1 Å². The summed E-state index contributed by atoms with van der Waals surface area (Å²) >= 11 is 0. The first-order chi connectivity index (χ1) is 16.5. The first kappa shape index (κ1) is 21.6. The zero-order chi connectivity index (χ0) is 23.7. The highest BCUT2D eigenvalue weighted by Gasteiger charge is 2.35. The molecule has 1 saturated heterocycles. The van der Waals surface area contributed by atoms with Gasteiger partial charge in [0.1, 0.15) is 0 Å². The summed E-state index contributed by atoms with van der Waals surface area (Å²) < 4.78 is 5.51. The number of anilines is 2. The second kappa shape index (κ2) is 8.94. The maximum Gasteiger partial charge on any atom is 0.260 e. The molecule has 3 aromatic carbocycles. The van der Waals surface area contributed by atoms with Crippen LogP contribution < -0.4 is 10.2 Å². The van der Waals surface area contributed by atoms with Crippen LogP contribution in [-0.2, 0) is 9.59 Å². The van der Waals surface area contributed by atoms with E-state index in [-0.39, 0.29) is 18.2 Å². The van der Waals surface area contributed by atoms with Crippen LogP contribution in [-0.4, -0.2) is 28.5 Å². The minimum Gasteiger partial charge on any atom is -0.334 e. The molecule has 5 rings (SSSR count). The molecule has 0 aliphatic carbocycles. The molecule has 7 heteroatoms. The number of nitrogens with zero attached hydrogens (tertiary/aromatic N) is 3. The third kappa shape index (κ3) is 4.32. The topological polar surface area (TPSA) is 88.3 Å². The van der Waals surface area contributed by atoms with Crippen molar-refractivity contribution in [2.75, 3.05) is 16.8 Å². The van der Waals surface area contributed by atoms with Crippen LogP contribution in [0.4, 0.5) is 11.4 Å². The maximum absolute atomic E-state index is 13.1. The predicted octanol–water partition coefficient (Wildman–Crippen LogP) is 5.01. The molecule has 1 aromatic heterocycles. The van der Waals surface area contributed by atoms with Crippen molar-refractivity contribution in [2.45, 2.75) is 20.3 Å². The van der Waals surface area contributed by atoms with E-state index in [9.17, 15) is 9.59 Å². The van der Waals surface area contributed by atoms with Crippen molar-refractivity contribution in [3.63, 3.8) is 0 Å². The van der Waals surface area contributed by atoms with Crippen molar-refractivity contribution < 1.29 is 14.1 Å². The van der Waals surface area contributed by atoms with Crippen molar-refractivity contribution in [1.82, 2.24) is 10.1 Å². The molecule has 1 atom stereocenters. The first-order valence-corrected chi connectivity index (χ1v) is 11.2. The fourth-order valence-corrected chi connectivity index (χ4v) is 4.02. The Bertz CT molecular complexity index is 1340. The minimum absolute atomic E-state index is 0.0584. The molecular weight excluding hydrogens is 428 g/mol. The minimum atomic E-state index is -0.451. The zero-order valence-electron chi connectivity index (χ0n) is 19.0. The van der Waals surface area contributed by atoms with E-state index in [2.05, 4.69) is 15.5 Å². The highest BCUT2D eigenvalue weighted by molar-refractivity contribution is 6.04. The van der Waals surface area contributed by atoms with Gasteiger partial charge in [-0.15, -0.1) is 0 Å².